The summed E-state index contributed by atoms with van der Waals surface area (Å²) < 4.78 is 7.39. The number of hydrogen-bond acceptors (Lipinski definition) is 8. The minimum atomic E-state index is -1.40. The molecule has 1 aromatic carbocycles. The van der Waals surface area contributed by atoms with Crippen molar-refractivity contribution >= 4 is 23.0 Å². The zero-order valence-electron chi connectivity index (χ0n) is 25.0. The fourth-order valence-corrected chi connectivity index (χ4v) is 7.21. The highest BCUT2D eigenvalue weighted by Gasteiger charge is 2.66. The third-order valence-electron chi connectivity index (χ3n) is 8.12. The normalized spacial score (nSPS) is 23.1. The summed E-state index contributed by atoms with van der Waals surface area (Å²) in [4.78, 5) is 35.8. The Balaban J connectivity index is 2.03. The van der Waals surface area contributed by atoms with Crippen molar-refractivity contribution in [1.29, 1.82) is 0 Å². The molecule has 10 heteroatoms. The van der Waals surface area contributed by atoms with Crippen molar-refractivity contribution < 1.29 is 24.5 Å². The molecule has 4 rings (SSSR count). The van der Waals surface area contributed by atoms with Gasteiger partial charge in [-0.05, 0) is 42.0 Å². The van der Waals surface area contributed by atoms with E-state index in [2.05, 4.69) is 30.9 Å². The molecule has 2 aromatic heterocycles. The SMILES string of the molecule is COc1cc(C(=O)N2C(c3nccs3)C(CO)(CCO)CC2(Cn2cccn2)C(=O)C(C)(C)C)ccc1C(C)(C)C. The molecule has 0 aliphatic carbocycles. The summed E-state index contributed by atoms with van der Waals surface area (Å²) in [6, 6.07) is 6.41. The van der Waals surface area contributed by atoms with Crippen molar-refractivity contribution in [2.45, 2.75) is 77.9 Å². The fraction of sp³-hybridized carbons (Fsp3) is 0.548. The van der Waals surface area contributed by atoms with Gasteiger partial charge >= 0.3 is 0 Å². The summed E-state index contributed by atoms with van der Waals surface area (Å²) >= 11 is 1.37. The van der Waals surface area contributed by atoms with Crippen LogP contribution in [0.3, 0.4) is 0 Å². The first kappa shape index (κ1) is 30.9. The molecule has 0 spiro atoms. The first-order valence-electron chi connectivity index (χ1n) is 13.9. The Bertz CT molecular complexity index is 1360. The highest BCUT2D eigenvalue weighted by Crippen LogP contribution is 2.59. The van der Waals surface area contributed by atoms with E-state index in [-0.39, 0.29) is 49.7 Å². The smallest absolute Gasteiger partial charge is 0.255 e. The number of Topliss-reactive ketones (excluding diaryl/α,β-unsaturated/α-hetero) is 1. The number of ketones is 1. The molecule has 3 aromatic rings. The van der Waals surface area contributed by atoms with Gasteiger partial charge in [0.1, 0.15) is 16.3 Å². The van der Waals surface area contributed by atoms with Crippen molar-refractivity contribution in [3.8, 4) is 5.75 Å². The summed E-state index contributed by atoms with van der Waals surface area (Å²) in [6.45, 7) is 11.3. The van der Waals surface area contributed by atoms with Crippen LogP contribution >= 0.6 is 11.3 Å². The lowest BCUT2D eigenvalue weighted by Crippen LogP contribution is -2.59. The van der Waals surface area contributed by atoms with Gasteiger partial charge in [0.2, 0.25) is 0 Å². The van der Waals surface area contributed by atoms with Crippen LogP contribution in [0.5, 0.6) is 5.75 Å². The second-order valence-corrected chi connectivity index (χ2v) is 14.0. The molecule has 3 unspecified atom stereocenters. The standard InChI is InChI=1S/C31H42N4O5S/c1-28(2,3)22-10-9-21(17-23(22)40-7)26(38)35-24(25-32-13-16-41-25)30(20-37,11-15-36)18-31(35,27(39)29(4,5)6)19-34-14-8-12-33-34/h8-10,12-14,16-17,24,36-37H,11,15,18-20H2,1-7H3. The third kappa shape index (κ3) is 5.57. The van der Waals surface area contributed by atoms with E-state index in [9.17, 15) is 19.8 Å². The Morgan fingerprint density at radius 2 is 1.88 bits per heavy atom. The van der Waals surface area contributed by atoms with Gasteiger partial charge in [-0.3, -0.25) is 14.3 Å². The van der Waals surface area contributed by atoms with E-state index < -0.39 is 22.4 Å². The molecule has 3 atom stereocenters. The van der Waals surface area contributed by atoms with Gasteiger partial charge in [0.05, 0.1) is 26.3 Å². The summed E-state index contributed by atoms with van der Waals surface area (Å²) in [7, 11) is 1.58. The largest absolute Gasteiger partial charge is 0.496 e. The first-order valence-corrected chi connectivity index (χ1v) is 14.8. The monoisotopic (exact) mass is 582 g/mol. The number of carbonyl (C=O) groups is 2. The Morgan fingerprint density at radius 3 is 2.39 bits per heavy atom. The van der Waals surface area contributed by atoms with E-state index in [1.165, 1.54) is 11.3 Å². The molecule has 3 heterocycles. The molecule has 41 heavy (non-hydrogen) atoms. The number of methoxy groups -OCH3 is 1. The van der Waals surface area contributed by atoms with Crippen LogP contribution in [0.2, 0.25) is 0 Å². The van der Waals surface area contributed by atoms with Crippen LogP contribution < -0.4 is 4.74 Å². The highest BCUT2D eigenvalue weighted by atomic mass is 32.1. The number of hydrogen-bond donors (Lipinski definition) is 2. The van der Waals surface area contributed by atoms with Gasteiger partial charge in [-0.25, -0.2) is 4.98 Å². The Hall–Kier alpha value is -3.08. The van der Waals surface area contributed by atoms with E-state index in [0.717, 1.165) is 5.56 Å². The number of rotatable bonds is 9. The number of benzene rings is 1. The lowest BCUT2D eigenvalue weighted by Gasteiger charge is -2.43. The van der Waals surface area contributed by atoms with Gasteiger partial charge in [-0.2, -0.15) is 5.10 Å². The van der Waals surface area contributed by atoms with Crippen LogP contribution in [-0.2, 0) is 16.8 Å². The fourth-order valence-electron chi connectivity index (χ4n) is 6.34. The lowest BCUT2D eigenvalue weighted by molar-refractivity contribution is -0.138. The number of nitrogens with zero attached hydrogens (tertiary/aromatic N) is 4. The van der Waals surface area contributed by atoms with Crippen molar-refractivity contribution in [1.82, 2.24) is 19.7 Å². The van der Waals surface area contributed by atoms with Crippen molar-refractivity contribution in [3.05, 3.63) is 64.4 Å². The summed E-state index contributed by atoms with van der Waals surface area (Å²) in [6.07, 6.45) is 5.38. The number of likely N-dealkylation sites (tertiary alicyclic amines) is 1. The van der Waals surface area contributed by atoms with Crippen molar-refractivity contribution in [2.24, 2.45) is 10.8 Å². The molecule has 1 aliphatic heterocycles. The molecule has 2 N–H and O–H groups in total. The number of aliphatic hydroxyl groups is 2. The molecule has 9 nitrogen and oxygen atoms in total. The molecule has 0 saturated carbocycles. The number of aliphatic hydroxyl groups excluding tert-OH is 2. The molecule has 0 bridgehead atoms. The maximum atomic E-state index is 14.9. The van der Waals surface area contributed by atoms with Gasteiger partial charge in [0.25, 0.3) is 5.91 Å². The van der Waals surface area contributed by atoms with E-state index in [0.29, 0.717) is 16.3 Å². The number of thiazole rings is 1. The predicted molar refractivity (Wildman–Crippen MR) is 158 cm³/mol. The number of ether oxygens (including phenoxy) is 1. The Labute approximate surface area is 246 Å². The Kier molecular flexibility index (Phi) is 8.51. The van der Waals surface area contributed by atoms with Gasteiger partial charge in [0.15, 0.2) is 5.78 Å². The van der Waals surface area contributed by atoms with E-state index >= 15 is 0 Å². The maximum Gasteiger partial charge on any atom is 0.255 e. The molecule has 1 amide bonds. The molecule has 1 saturated heterocycles. The average Bonchev–Trinajstić information content (AvgIpc) is 3.67. The topological polar surface area (TPSA) is 118 Å². The van der Waals surface area contributed by atoms with Crippen LogP contribution in [-0.4, -0.2) is 67.4 Å². The van der Waals surface area contributed by atoms with Crippen molar-refractivity contribution in [3.63, 3.8) is 0 Å². The molecule has 1 aliphatic rings. The molecule has 1 fully saturated rings. The minimum absolute atomic E-state index is 0.0914. The van der Waals surface area contributed by atoms with Gasteiger partial charge < -0.3 is 19.8 Å². The minimum Gasteiger partial charge on any atom is -0.496 e. The summed E-state index contributed by atoms with van der Waals surface area (Å²) in [5.41, 5.74) is -2.16. The van der Waals surface area contributed by atoms with Crippen LogP contribution in [0.15, 0.2) is 48.2 Å². The van der Waals surface area contributed by atoms with Crippen LogP contribution in [0.25, 0.3) is 0 Å². The summed E-state index contributed by atoms with van der Waals surface area (Å²) in [5, 5.41) is 28.1. The average molecular weight is 583 g/mol. The number of carbonyl (C=O) groups excluding carboxylic acids is 2. The quantitative estimate of drug-likeness (QED) is 0.377. The van der Waals surface area contributed by atoms with Gasteiger partial charge in [-0.1, -0.05) is 47.6 Å². The van der Waals surface area contributed by atoms with E-state index in [1.54, 1.807) is 53.5 Å². The number of amides is 1. The van der Waals surface area contributed by atoms with E-state index in [1.807, 2.05) is 32.2 Å². The highest BCUT2D eigenvalue weighted by molar-refractivity contribution is 7.09. The second kappa shape index (κ2) is 11.3. The first-order chi connectivity index (χ1) is 19.2. The van der Waals surface area contributed by atoms with Crippen LogP contribution in [0, 0.1) is 10.8 Å². The second-order valence-electron chi connectivity index (χ2n) is 13.1. The van der Waals surface area contributed by atoms with Gasteiger partial charge in [-0.15, -0.1) is 11.3 Å². The number of aromatic nitrogens is 3. The molecule has 0 radical (unpaired) electrons. The lowest BCUT2D eigenvalue weighted by atomic mass is 9.70. The predicted octanol–water partition coefficient (Wildman–Crippen LogP) is 4.65. The van der Waals surface area contributed by atoms with Gasteiger partial charge in [0, 0.05) is 47.0 Å². The maximum absolute atomic E-state index is 14.9. The molecular weight excluding hydrogens is 540 g/mol. The van der Waals surface area contributed by atoms with Crippen LogP contribution in [0.4, 0.5) is 0 Å². The van der Waals surface area contributed by atoms with Crippen molar-refractivity contribution in [2.75, 3.05) is 20.3 Å². The summed E-state index contributed by atoms with van der Waals surface area (Å²) in [5.74, 6) is 0.0564. The Morgan fingerprint density at radius 1 is 1.15 bits per heavy atom. The van der Waals surface area contributed by atoms with E-state index in [4.69, 9.17) is 4.74 Å². The zero-order chi connectivity index (χ0) is 30.2. The van der Waals surface area contributed by atoms with Crippen LogP contribution in [0.1, 0.15) is 81.4 Å². The molecular formula is C31H42N4O5S. The molecule has 222 valence electrons. The third-order valence-corrected chi connectivity index (χ3v) is 8.94. The zero-order valence-corrected chi connectivity index (χ0v) is 25.9.